The van der Waals surface area contributed by atoms with Crippen molar-refractivity contribution in [1.82, 2.24) is 0 Å². The SMILES string of the molecule is CC(C)(C)c1ccc(B(c2ccc3c(c2)C(C)(C)CCC3(C)C)c2cc3cc4c(cc3o2)C(C)(C)CCC4(C)C)cc1. The van der Waals surface area contributed by atoms with Gasteiger partial charge in [0.15, 0.2) is 0 Å². The van der Waals surface area contributed by atoms with E-state index in [9.17, 15) is 0 Å². The van der Waals surface area contributed by atoms with Gasteiger partial charge in [0.2, 0.25) is 0 Å². The van der Waals surface area contributed by atoms with Crippen LogP contribution in [0.5, 0.6) is 0 Å². The van der Waals surface area contributed by atoms with Crippen LogP contribution in [0.2, 0.25) is 0 Å². The number of hydrogen-bond acceptors (Lipinski definition) is 1. The topological polar surface area (TPSA) is 13.1 Å². The molecule has 0 spiro atoms. The second-order valence-electron chi connectivity index (χ2n) is 17.2. The van der Waals surface area contributed by atoms with Crippen LogP contribution in [0.3, 0.4) is 0 Å². The van der Waals surface area contributed by atoms with Gasteiger partial charge < -0.3 is 4.42 Å². The van der Waals surface area contributed by atoms with Crippen molar-refractivity contribution in [3.8, 4) is 0 Å². The first kappa shape index (κ1) is 29.3. The van der Waals surface area contributed by atoms with E-state index in [1.807, 2.05) is 0 Å². The largest absolute Gasteiger partial charge is 0.470 e. The smallest absolute Gasteiger partial charge is 0.287 e. The molecule has 0 bridgehead atoms. The highest BCUT2D eigenvalue weighted by Crippen LogP contribution is 2.47. The highest BCUT2D eigenvalue weighted by molar-refractivity contribution is 6.94. The van der Waals surface area contributed by atoms with Crippen LogP contribution >= 0.6 is 0 Å². The van der Waals surface area contributed by atoms with Crippen LogP contribution in [0, 0.1) is 0 Å². The molecular weight excluding hydrogens is 507 g/mol. The Kier molecular flexibility index (Phi) is 6.55. The predicted molar refractivity (Wildman–Crippen MR) is 183 cm³/mol. The summed E-state index contributed by atoms with van der Waals surface area (Å²) in [5.41, 5.74) is 12.8. The van der Waals surface area contributed by atoms with Crippen molar-refractivity contribution in [3.63, 3.8) is 0 Å². The van der Waals surface area contributed by atoms with Gasteiger partial charge >= 0.3 is 0 Å². The molecule has 0 amide bonds. The summed E-state index contributed by atoms with van der Waals surface area (Å²) in [5, 5.41) is 1.23. The molecule has 6 rings (SSSR count). The molecule has 4 aromatic rings. The molecule has 220 valence electrons. The number of hydrogen-bond donors (Lipinski definition) is 0. The van der Waals surface area contributed by atoms with Gasteiger partial charge in [-0.3, -0.25) is 0 Å². The average molecular weight is 559 g/mol. The van der Waals surface area contributed by atoms with Gasteiger partial charge in [-0.15, -0.1) is 0 Å². The van der Waals surface area contributed by atoms with E-state index < -0.39 is 0 Å². The second-order valence-corrected chi connectivity index (χ2v) is 17.2. The summed E-state index contributed by atoms with van der Waals surface area (Å²) in [6, 6.07) is 23.8. The van der Waals surface area contributed by atoms with Crippen molar-refractivity contribution in [2.75, 3.05) is 0 Å². The van der Waals surface area contributed by atoms with Crippen molar-refractivity contribution >= 4 is 34.3 Å². The fourth-order valence-electron chi connectivity index (χ4n) is 7.75. The molecule has 0 saturated heterocycles. The Morgan fingerprint density at radius 1 is 0.548 bits per heavy atom. The molecule has 0 N–H and O–H groups in total. The van der Waals surface area contributed by atoms with Gasteiger partial charge in [-0.05, 0) is 98.8 Å². The Morgan fingerprint density at radius 3 is 1.57 bits per heavy atom. The summed E-state index contributed by atoms with van der Waals surface area (Å²) in [5.74, 6) is 0. The van der Waals surface area contributed by atoms with Gasteiger partial charge in [-0.25, -0.2) is 0 Å². The molecular formula is C40H51BO. The van der Waals surface area contributed by atoms with Crippen molar-refractivity contribution in [2.24, 2.45) is 0 Å². The predicted octanol–water partition coefficient (Wildman–Crippen LogP) is 8.94. The third kappa shape index (κ3) is 4.88. The zero-order chi connectivity index (χ0) is 30.5. The fraction of sp³-hybridized carbons (Fsp3) is 0.500. The number of rotatable bonds is 3. The van der Waals surface area contributed by atoms with E-state index in [2.05, 4.69) is 137 Å². The highest BCUT2D eigenvalue weighted by atomic mass is 16.3. The molecule has 0 fully saturated rings. The molecule has 1 nitrogen and oxygen atoms in total. The molecule has 0 aliphatic heterocycles. The third-order valence-corrected chi connectivity index (χ3v) is 11.1. The van der Waals surface area contributed by atoms with Gasteiger partial charge in [0.25, 0.3) is 6.71 Å². The van der Waals surface area contributed by atoms with E-state index in [1.165, 1.54) is 69.8 Å². The fourth-order valence-corrected chi connectivity index (χ4v) is 7.75. The first-order chi connectivity index (χ1) is 19.4. The number of benzene rings is 3. The lowest BCUT2D eigenvalue weighted by molar-refractivity contribution is 0.332. The summed E-state index contributed by atoms with van der Waals surface area (Å²) in [4.78, 5) is 0. The molecule has 0 unspecified atom stereocenters. The summed E-state index contributed by atoms with van der Waals surface area (Å²) in [7, 11) is 0. The zero-order valence-electron chi connectivity index (χ0n) is 28.1. The second kappa shape index (κ2) is 9.38. The minimum Gasteiger partial charge on any atom is -0.470 e. The highest BCUT2D eigenvalue weighted by Gasteiger charge is 2.40. The summed E-state index contributed by atoms with van der Waals surface area (Å²) < 4.78 is 6.90. The van der Waals surface area contributed by atoms with Crippen molar-refractivity contribution in [3.05, 3.63) is 88.5 Å². The Labute approximate surface area is 255 Å². The maximum Gasteiger partial charge on any atom is 0.287 e. The Balaban J connectivity index is 1.55. The normalized spacial score (nSPS) is 20.2. The maximum atomic E-state index is 6.90. The van der Waals surface area contributed by atoms with Crippen LogP contribution in [-0.4, -0.2) is 6.71 Å². The molecule has 3 aromatic carbocycles. The summed E-state index contributed by atoms with van der Waals surface area (Å²) in [6.45, 7) is 26.2. The van der Waals surface area contributed by atoms with Crippen LogP contribution in [0.1, 0.15) is 130 Å². The molecule has 42 heavy (non-hydrogen) atoms. The van der Waals surface area contributed by atoms with Crippen molar-refractivity contribution in [2.45, 2.75) is 129 Å². The van der Waals surface area contributed by atoms with Gasteiger partial charge in [-0.1, -0.05) is 130 Å². The van der Waals surface area contributed by atoms with Crippen LogP contribution in [0.25, 0.3) is 11.0 Å². The Hall–Kier alpha value is -2.74. The zero-order valence-corrected chi connectivity index (χ0v) is 28.1. The minimum absolute atomic E-state index is 0.0376. The van der Waals surface area contributed by atoms with Crippen LogP contribution in [0.15, 0.2) is 65.1 Å². The van der Waals surface area contributed by atoms with E-state index in [0.717, 1.165) is 11.2 Å². The lowest BCUT2D eigenvalue weighted by atomic mass is 9.38. The third-order valence-electron chi connectivity index (χ3n) is 11.1. The van der Waals surface area contributed by atoms with E-state index in [4.69, 9.17) is 4.42 Å². The van der Waals surface area contributed by atoms with Crippen molar-refractivity contribution < 1.29 is 4.42 Å². The molecule has 2 aliphatic rings. The average Bonchev–Trinajstić information content (AvgIpc) is 3.32. The molecule has 0 radical (unpaired) electrons. The maximum absolute atomic E-state index is 6.90. The first-order valence-electron chi connectivity index (χ1n) is 16.2. The number of furan rings is 1. The molecule has 1 heterocycles. The number of fused-ring (bicyclic) bond motifs is 3. The first-order valence-corrected chi connectivity index (χ1v) is 16.2. The standard InChI is InChI=1S/C40H51BO/c1-36(2,3)27-12-14-28(15-13-27)41(29-16-17-30-32(24-29)39(8,9)19-18-37(30,4)5)35-23-26-22-31-33(25-34(26)42-35)40(10,11)21-20-38(31,6)7/h12-17,22-25H,18-21H2,1-11H3. The van der Waals surface area contributed by atoms with Gasteiger partial charge in [0.05, 0.1) is 5.66 Å². The van der Waals surface area contributed by atoms with E-state index in [0.29, 0.717) is 0 Å². The Bertz CT molecular complexity index is 1600. The Morgan fingerprint density at radius 2 is 1.02 bits per heavy atom. The summed E-state index contributed by atoms with van der Waals surface area (Å²) >= 11 is 0. The summed E-state index contributed by atoms with van der Waals surface area (Å²) in [6.07, 6.45) is 4.86. The van der Waals surface area contributed by atoms with E-state index in [-0.39, 0.29) is 33.8 Å². The van der Waals surface area contributed by atoms with Gasteiger partial charge in [-0.2, -0.15) is 0 Å². The lowest BCUT2D eigenvalue weighted by Gasteiger charge is -2.42. The van der Waals surface area contributed by atoms with Gasteiger partial charge in [0, 0.05) is 5.39 Å². The van der Waals surface area contributed by atoms with E-state index >= 15 is 0 Å². The van der Waals surface area contributed by atoms with Gasteiger partial charge in [0.1, 0.15) is 5.58 Å². The lowest BCUT2D eigenvalue weighted by Crippen LogP contribution is -2.52. The molecule has 1 aromatic heterocycles. The van der Waals surface area contributed by atoms with E-state index in [1.54, 1.807) is 0 Å². The van der Waals surface area contributed by atoms with Crippen LogP contribution in [-0.2, 0) is 27.1 Å². The molecule has 2 aliphatic carbocycles. The molecule has 2 heteroatoms. The molecule has 0 saturated carbocycles. The quantitative estimate of drug-likeness (QED) is 0.229. The van der Waals surface area contributed by atoms with Crippen molar-refractivity contribution in [1.29, 1.82) is 0 Å². The minimum atomic E-state index is 0.0376. The van der Waals surface area contributed by atoms with Crippen LogP contribution < -0.4 is 16.6 Å². The molecule has 0 atom stereocenters. The monoisotopic (exact) mass is 558 g/mol. The van der Waals surface area contributed by atoms with Crippen LogP contribution in [0.4, 0.5) is 0 Å².